The molecule has 0 amide bonds. The van der Waals surface area contributed by atoms with Gasteiger partial charge in [0, 0.05) is 12.3 Å². The lowest BCUT2D eigenvalue weighted by Crippen LogP contribution is -2.56. The summed E-state index contributed by atoms with van der Waals surface area (Å²) in [7, 11) is 2.94. The third-order valence-corrected chi connectivity index (χ3v) is 5.38. The maximum absolute atomic E-state index is 13.3. The Bertz CT molecular complexity index is 904. The molecule has 0 radical (unpaired) electrons. The van der Waals surface area contributed by atoms with Crippen LogP contribution in [0.4, 0.5) is 0 Å². The second-order valence-corrected chi connectivity index (χ2v) is 10.7. The molecule has 0 aliphatic heterocycles. The molecule has 0 aromatic heterocycles. The number of carbonyl (C=O) groups excluding carboxylic acids is 3. The summed E-state index contributed by atoms with van der Waals surface area (Å²) in [5, 5.41) is 11.2. The van der Waals surface area contributed by atoms with E-state index in [0.29, 0.717) is 17.1 Å². The lowest BCUT2D eigenvalue weighted by molar-refractivity contribution is -0.182. The Morgan fingerprint density at radius 2 is 1.45 bits per heavy atom. The molecule has 1 saturated carbocycles. The number of carbonyl (C=O) groups is 3. The van der Waals surface area contributed by atoms with Crippen LogP contribution in [0, 0.1) is 11.8 Å². The minimum atomic E-state index is -1.74. The van der Waals surface area contributed by atoms with Gasteiger partial charge in [-0.25, -0.2) is 0 Å². The number of ether oxygens (including phenoxy) is 4. The van der Waals surface area contributed by atoms with Crippen LogP contribution in [0.5, 0.6) is 11.5 Å². The van der Waals surface area contributed by atoms with Crippen LogP contribution in [0.25, 0.3) is 0 Å². The van der Waals surface area contributed by atoms with Gasteiger partial charge in [0.05, 0.1) is 25.7 Å². The molecule has 184 valence electrons. The zero-order valence-corrected chi connectivity index (χ0v) is 21.0. The summed E-state index contributed by atoms with van der Waals surface area (Å²) in [4.78, 5) is 39.7. The summed E-state index contributed by atoms with van der Waals surface area (Å²) in [6.45, 7) is 11.7. The summed E-state index contributed by atoms with van der Waals surface area (Å²) < 4.78 is 21.9. The first-order valence-electron chi connectivity index (χ1n) is 10.9. The highest BCUT2D eigenvalue weighted by atomic mass is 16.6. The van der Waals surface area contributed by atoms with Gasteiger partial charge in [0.1, 0.15) is 17.1 Å². The Kier molecular flexibility index (Phi) is 7.53. The highest BCUT2D eigenvalue weighted by molar-refractivity contribution is 6.03. The minimum absolute atomic E-state index is 0.360. The lowest BCUT2D eigenvalue weighted by Gasteiger charge is -2.44. The number of hydrogen-bond acceptors (Lipinski definition) is 8. The molecule has 33 heavy (non-hydrogen) atoms. The van der Waals surface area contributed by atoms with Crippen molar-refractivity contribution < 1.29 is 38.4 Å². The smallest absolute Gasteiger partial charge is 0.317 e. The highest BCUT2D eigenvalue weighted by Gasteiger charge is 2.58. The van der Waals surface area contributed by atoms with Crippen molar-refractivity contribution in [2.75, 3.05) is 14.2 Å². The number of Topliss-reactive ketones (excluding diaryl/α,β-unsaturated/α-hetero) is 1. The Labute approximate surface area is 195 Å². The van der Waals surface area contributed by atoms with E-state index in [1.54, 1.807) is 59.7 Å². The molecule has 1 fully saturated rings. The van der Waals surface area contributed by atoms with Crippen molar-refractivity contribution in [3.63, 3.8) is 0 Å². The summed E-state index contributed by atoms with van der Waals surface area (Å²) in [5.41, 5.74) is -2.97. The fourth-order valence-electron chi connectivity index (χ4n) is 4.21. The van der Waals surface area contributed by atoms with Crippen molar-refractivity contribution in [2.45, 2.75) is 77.6 Å². The SMILES string of the molecule is COc1ccc([C@H]2[C@H](C(=O)OC(C)(C)C)C(=O)C[C@](C)(O)[C@H]2C(=O)OC(C)(C)C)cc1OC. The van der Waals surface area contributed by atoms with Gasteiger partial charge < -0.3 is 24.1 Å². The summed E-state index contributed by atoms with van der Waals surface area (Å²) in [5.74, 6) is -4.70. The summed E-state index contributed by atoms with van der Waals surface area (Å²) in [6.07, 6.45) is -0.384. The van der Waals surface area contributed by atoms with Gasteiger partial charge >= 0.3 is 11.9 Å². The lowest BCUT2D eigenvalue weighted by atomic mass is 9.61. The van der Waals surface area contributed by atoms with Crippen molar-refractivity contribution >= 4 is 17.7 Å². The molecule has 2 rings (SSSR count). The first kappa shape index (κ1) is 26.6. The van der Waals surface area contributed by atoms with E-state index in [0.717, 1.165) is 0 Å². The van der Waals surface area contributed by atoms with Crippen molar-refractivity contribution in [1.29, 1.82) is 0 Å². The van der Waals surface area contributed by atoms with Crippen molar-refractivity contribution in [2.24, 2.45) is 11.8 Å². The molecule has 1 aliphatic carbocycles. The van der Waals surface area contributed by atoms with Crippen molar-refractivity contribution in [3.05, 3.63) is 23.8 Å². The molecule has 0 spiro atoms. The number of aliphatic hydroxyl groups is 1. The van der Waals surface area contributed by atoms with Gasteiger partial charge in [0.15, 0.2) is 17.3 Å². The molecule has 0 saturated heterocycles. The molecule has 0 heterocycles. The van der Waals surface area contributed by atoms with E-state index in [1.807, 2.05) is 0 Å². The topological polar surface area (TPSA) is 108 Å². The Morgan fingerprint density at radius 3 is 1.94 bits per heavy atom. The van der Waals surface area contributed by atoms with E-state index >= 15 is 0 Å². The normalized spacial score (nSPS) is 25.9. The molecule has 8 nitrogen and oxygen atoms in total. The first-order valence-corrected chi connectivity index (χ1v) is 10.9. The number of methoxy groups -OCH3 is 2. The molecule has 1 aliphatic rings. The van der Waals surface area contributed by atoms with Gasteiger partial charge in [-0.05, 0) is 66.2 Å². The third kappa shape index (κ3) is 6.25. The monoisotopic (exact) mass is 464 g/mol. The first-order chi connectivity index (χ1) is 15.0. The largest absolute Gasteiger partial charge is 0.493 e. The van der Waals surface area contributed by atoms with E-state index in [9.17, 15) is 19.5 Å². The second-order valence-electron chi connectivity index (χ2n) is 10.7. The van der Waals surface area contributed by atoms with Crippen LogP contribution in [0.2, 0.25) is 0 Å². The zero-order valence-electron chi connectivity index (χ0n) is 21.0. The quantitative estimate of drug-likeness (QED) is 0.522. The van der Waals surface area contributed by atoms with Gasteiger partial charge in [-0.3, -0.25) is 14.4 Å². The summed E-state index contributed by atoms with van der Waals surface area (Å²) >= 11 is 0. The Hall–Kier alpha value is -2.61. The van der Waals surface area contributed by atoms with Crippen LogP contribution in [0.3, 0.4) is 0 Å². The standard InChI is InChI=1S/C25H36O8/c1-23(2,3)32-21(27)19-15(26)13-25(7,29)20(22(28)33-24(4,5)6)18(19)14-10-11-16(30-8)17(12-14)31-9/h10-12,18-20,29H,13H2,1-9H3/t18-,19+,20+,25-/m0/s1. The average molecular weight is 465 g/mol. The van der Waals surface area contributed by atoms with E-state index in [4.69, 9.17) is 18.9 Å². The van der Waals surface area contributed by atoms with Crippen LogP contribution >= 0.6 is 0 Å². The predicted molar refractivity (Wildman–Crippen MR) is 121 cm³/mol. The maximum atomic E-state index is 13.3. The van der Waals surface area contributed by atoms with Crippen LogP contribution in [-0.2, 0) is 23.9 Å². The predicted octanol–water partition coefficient (Wildman–Crippen LogP) is 3.43. The summed E-state index contributed by atoms with van der Waals surface area (Å²) in [6, 6.07) is 4.88. The van der Waals surface area contributed by atoms with Crippen molar-refractivity contribution in [3.8, 4) is 11.5 Å². The van der Waals surface area contributed by atoms with Gasteiger partial charge in [-0.2, -0.15) is 0 Å². The maximum Gasteiger partial charge on any atom is 0.317 e. The van der Waals surface area contributed by atoms with E-state index < -0.39 is 52.3 Å². The van der Waals surface area contributed by atoms with Gasteiger partial charge in [0.25, 0.3) is 0 Å². The van der Waals surface area contributed by atoms with Crippen LogP contribution in [-0.4, -0.2) is 53.9 Å². The number of esters is 2. The van der Waals surface area contributed by atoms with Gasteiger partial charge in [0.2, 0.25) is 0 Å². The molecule has 1 aromatic carbocycles. The Morgan fingerprint density at radius 1 is 0.939 bits per heavy atom. The van der Waals surface area contributed by atoms with Crippen LogP contribution < -0.4 is 9.47 Å². The second kappa shape index (κ2) is 9.33. The number of benzene rings is 1. The molecular formula is C25H36O8. The molecule has 0 unspecified atom stereocenters. The highest BCUT2D eigenvalue weighted by Crippen LogP contribution is 2.48. The van der Waals surface area contributed by atoms with E-state index in [-0.39, 0.29) is 6.42 Å². The Balaban J connectivity index is 2.72. The molecule has 8 heteroatoms. The average Bonchev–Trinajstić information content (AvgIpc) is 2.62. The van der Waals surface area contributed by atoms with Crippen LogP contribution in [0.1, 0.15) is 66.4 Å². The van der Waals surface area contributed by atoms with Gasteiger partial charge in [-0.15, -0.1) is 0 Å². The van der Waals surface area contributed by atoms with Crippen molar-refractivity contribution in [1.82, 2.24) is 0 Å². The van der Waals surface area contributed by atoms with Gasteiger partial charge in [-0.1, -0.05) is 6.07 Å². The molecule has 0 bridgehead atoms. The molecule has 1 N–H and O–H groups in total. The number of rotatable bonds is 5. The fraction of sp³-hybridized carbons (Fsp3) is 0.640. The van der Waals surface area contributed by atoms with Crippen LogP contribution in [0.15, 0.2) is 18.2 Å². The fourth-order valence-corrected chi connectivity index (χ4v) is 4.21. The van der Waals surface area contributed by atoms with E-state index in [2.05, 4.69) is 0 Å². The third-order valence-electron chi connectivity index (χ3n) is 5.38. The number of ketones is 1. The number of hydrogen-bond donors (Lipinski definition) is 1. The zero-order chi connectivity index (χ0) is 25.4. The molecule has 4 atom stereocenters. The molecular weight excluding hydrogens is 428 g/mol. The van der Waals surface area contributed by atoms with E-state index in [1.165, 1.54) is 21.1 Å². The minimum Gasteiger partial charge on any atom is -0.493 e. The molecule has 1 aromatic rings.